The molecule has 0 aromatic heterocycles. The summed E-state index contributed by atoms with van der Waals surface area (Å²) in [7, 11) is 0. The number of carbonyl (C=O) groups excluding carboxylic acids is 1. The van der Waals surface area contributed by atoms with E-state index in [2.05, 4.69) is 18.7 Å². The predicted octanol–water partition coefficient (Wildman–Crippen LogP) is 2.31. The minimum absolute atomic E-state index is 0.0860. The zero-order valence-electron chi connectivity index (χ0n) is 13.0. The zero-order valence-corrected chi connectivity index (χ0v) is 13.0. The SMILES string of the molecule is CC(C)CCC1CCCCN1C(=O)[C@@H]1CC[C@H](CN)O1. The Kier molecular flexibility index (Phi) is 5.85. The van der Waals surface area contributed by atoms with Gasteiger partial charge in [-0.25, -0.2) is 0 Å². The molecule has 2 fully saturated rings. The van der Waals surface area contributed by atoms with E-state index in [0.29, 0.717) is 18.5 Å². The van der Waals surface area contributed by atoms with Crippen molar-refractivity contribution >= 4 is 5.91 Å². The van der Waals surface area contributed by atoms with Crippen LogP contribution in [0.4, 0.5) is 0 Å². The lowest BCUT2D eigenvalue weighted by atomic mass is 9.94. The standard InChI is InChI=1S/C16H30N2O2/c1-12(2)6-7-13-5-3-4-10-18(13)16(19)15-9-8-14(11-17)20-15/h12-15H,3-11,17H2,1-2H3/t13?,14-,15+/m1/s1. The lowest BCUT2D eigenvalue weighted by Crippen LogP contribution is -2.48. The van der Waals surface area contributed by atoms with Gasteiger partial charge in [-0.05, 0) is 50.9 Å². The first kappa shape index (κ1) is 15.8. The number of hydrogen-bond acceptors (Lipinski definition) is 3. The molecule has 3 atom stereocenters. The van der Waals surface area contributed by atoms with Gasteiger partial charge in [0.25, 0.3) is 5.91 Å². The largest absolute Gasteiger partial charge is 0.364 e. The number of nitrogens with zero attached hydrogens (tertiary/aromatic N) is 1. The van der Waals surface area contributed by atoms with Gasteiger partial charge >= 0.3 is 0 Å². The molecule has 0 radical (unpaired) electrons. The molecule has 2 rings (SSSR count). The van der Waals surface area contributed by atoms with Crippen molar-refractivity contribution in [2.24, 2.45) is 11.7 Å². The molecule has 2 heterocycles. The maximum Gasteiger partial charge on any atom is 0.251 e. The Labute approximate surface area is 123 Å². The quantitative estimate of drug-likeness (QED) is 0.842. The maximum atomic E-state index is 12.7. The molecule has 2 N–H and O–H groups in total. The third kappa shape index (κ3) is 3.95. The molecule has 4 heteroatoms. The third-order valence-corrected chi connectivity index (χ3v) is 4.63. The average Bonchev–Trinajstić information content (AvgIpc) is 2.93. The molecule has 2 aliphatic rings. The summed E-state index contributed by atoms with van der Waals surface area (Å²) in [4.78, 5) is 14.8. The Hall–Kier alpha value is -0.610. The Bertz CT molecular complexity index is 320. The van der Waals surface area contributed by atoms with Gasteiger partial charge < -0.3 is 15.4 Å². The molecule has 4 nitrogen and oxygen atoms in total. The molecule has 0 bridgehead atoms. The van der Waals surface area contributed by atoms with E-state index >= 15 is 0 Å². The van der Waals surface area contributed by atoms with Crippen LogP contribution in [0.1, 0.15) is 58.8 Å². The van der Waals surface area contributed by atoms with Crippen molar-refractivity contribution in [1.29, 1.82) is 0 Å². The minimum atomic E-state index is -0.233. The van der Waals surface area contributed by atoms with E-state index in [-0.39, 0.29) is 18.1 Å². The van der Waals surface area contributed by atoms with Gasteiger partial charge in [0.1, 0.15) is 6.10 Å². The monoisotopic (exact) mass is 282 g/mol. The Morgan fingerprint density at radius 1 is 1.30 bits per heavy atom. The topological polar surface area (TPSA) is 55.6 Å². The van der Waals surface area contributed by atoms with Gasteiger partial charge in [0.15, 0.2) is 0 Å². The van der Waals surface area contributed by atoms with E-state index in [4.69, 9.17) is 10.5 Å². The van der Waals surface area contributed by atoms with Crippen LogP contribution in [0.3, 0.4) is 0 Å². The van der Waals surface area contributed by atoms with Crippen LogP contribution in [0.25, 0.3) is 0 Å². The number of hydrogen-bond donors (Lipinski definition) is 1. The van der Waals surface area contributed by atoms with Gasteiger partial charge in [0.05, 0.1) is 6.10 Å². The molecule has 0 aromatic carbocycles. The smallest absolute Gasteiger partial charge is 0.251 e. The van der Waals surface area contributed by atoms with E-state index in [1.54, 1.807) is 0 Å². The number of likely N-dealkylation sites (tertiary alicyclic amines) is 1. The molecule has 0 aliphatic carbocycles. The van der Waals surface area contributed by atoms with Gasteiger partial charge in [-0.1, -0.05) is 13.8 Å². The van der Waals surface area contributed by atoms with Crippen LogP contribution in [-0.2, 0) is 9.53 Å². The molecule has 0 spiro atoms. The van der Waals surface area contributed by atoms with Gasteiger partial charge in [-0.15, -0.1) is 0 Å². The van der Waals surface area contributed by atoms with Crippen molar-refractivity contribution in [2.75, 3.05) is 13.1 Å². The number of rotatable bonds is 5. The first-order chi connectivity index (χ1) is 9.61. The van der Waals surface area contributed by atoms with Crippen molar-refractivity contribution in [1.82, 2.24) is 4.90 Å². The number of piperidine rings is 1. The molecule has 0 aromatic rings. The normalized spacial score (nSPS) is 31.0. The first-order valence-electron chi connectivity index (χ1n) is 8.27. The van der Waals surface area contributed by atoms with Crippen molar-refractivity contribution in [2.45, 2.75) is 77.0 Å². The number of carbonyl (C=O) groups is 1. The van der Waals surface area contributed by atoms with Gasteiger partial charge in [-0.3, -0.25) is 4.79 Å². The van der Waals surface area contributed by atoms with Crippen LogP contribution in [0.5, 0.6) is 0 Å². The van der Waals surface area contributed by atoms with Gasteiger partial charge in [0.2, 0.25) is 0 Å². The first-order valence-corrected chi connectivity index (χ1v) is 8.27. The van der Waals surface area contributed by atoms with Crippen molar-refractivity contribution < 1.29 is 9.53 Å². The summed E-state index contributed by atoms with van der Waals surface area (Å²) < 4.78 is 5.78. The van der Waals surface area contributed by atoms with Crippen molar-refractivity contribution in [3.63, 3.8) is 0 Å². The van der Waals surface area contributed by atoms with Gasteiger partial charge in [-0.2, -0.15) is 0 Å². The second-order valence-corrected chi connectivity index (χ2v) is 6.71. The van der Waals surface area contributed by atoms with Crippen LogP contribution in [0, 0.1) is 5.92 Å². The molecule has 116 valence electrons. The second-order valence-electron chi connectivity index (χ2n) is 6.71. The van der Waals surface area contributed by atoms with E-state index in [0.717, 1.165) is 38.6 Å². The average molecular weight is 282 g/mol. The summed E-state index contributed by atoms with van der Waals surface area (Å²) in [5, 5.41) is 0. The summed E-state index contributed by atoms with van der Waals surface area (Å²) in [6.07, 6.45) is 7.50. The highest BCUT2D eigenvalue weighted by atomic mass is 16.5. The Morgan fingerprint density at radius 3 is 2.75 bits per heavy atom. The van der Waals surface area contributed by atoms with E-state index in [1.165, 1.54) is 12.8 Å². The predicted molar refractivity (Wildman–Crippen MR) is 80.4 cm³/mol. The highest BCUT2D eigenvalue weighted by Crippen LogP contribution is 2.27. The molecule has 20 heavy (non-hydrogen) atoms. The molecule has 0 saturated carbocycles. The summed E-state index contributed by atoms with van der Waals surface area (Å²) in [5.41, 5.74) is 5.63. The van der Waals surface area contributed by atoms with E-state index in [1.807, 2.05) is 0 Å². The van der Waals surface area contributed by atoms with Crippen LogP contribution >= 0.6 is 0 Å². The molecule has 1 amide bonds. The summed E-state index contributed by atoms with van der Waals surface area (Å²) in [5.74, 6) is 0.924. The van der Waals surface area contributed by atoms with Crippen LogP contribution < -0.4 is 5.73 Å². The second kappa shape index (κ2) is 7.41. The Morgan fingerprint density at radius 2 is 2.10 bits per heavy atom. The molecule has 2 aliphatic heterocycles. The summed E-state index contributed by atoms with van der Waals surface area (Å²) in [6.45, 7) is 5.94. The van der Waals surface area contributed by atoms with Gasteiger partial charge in [0, 0.05) is 19.1 Å². The fourth-order valence-electron chi connectivity index (χ4n) is 3.36. The highest BCUT2D eigenvalue weighted by Gasteiger charge is 2.36. The fourth-order valence-corrected chi connectivity index (χ4v) is 3.36. The summed E-state index contributed by atoms with van der Waals surface area (Å²) in [6, 6.07) is 0.430. The lowest BCUT2D eigenvalue weighted by Gasteiger charge is -2.37. The third-order valence-electron chi connectivity index (χ3n) is 4.63. The Balaban J connectivity index is 1.91. The number of nitrogens with two attached hydrogens (primary N) is 1. The maximum absolute atomic E-state index is 12.7. The zero-order chi connectivity index (χ0) is 14.5. The van der Waals surface area contributed by atoms with Crippen LogP contribution in [0.15, 0.2) is 0 Å². The molecular formula is C16H30N2O2. The number of amides is 1. The van der Waals surface area contributed by atoms with Crippen LogP contribution in [-0.4, -0.2) is 42.1 Å². The summed E-state index contributed by atoms with van der Waals surface area (Å²) >= 11 is 0. The van der Waals surface area contributed by atoms with Crippen molar-refractivity contribution in [3.8, 4) is 0 Å². The molecular weight excluding hydrogens is 252 g/mol. The molecule has 1 unspecified atom stereocenters. The lowest BCUT2D eigenvalue weighted by molar-refractivity contribution is -0.146. The van der Waals surface area contributed by atoms with E-state index in [9.17, 15) is 4.79 Å². The van der Waals surface area contributed by atoms with Crippen LogP contribution in [0.2, 0.25) is 0 Å². The van der Waals surface area contributed by atoms with Crippen molar-refractivity contribution in [3.05, 3.63) is 0 Å². The van der Waals surface area contributed by atoms with E-state index < -0.39 is 0 Å². The minimum Gasteiger partial charge on any atom is -0.364 e. The number of ether oxygens (including phenoxy) is 1. The fraction of sp³-hybridized carbons (Fsp3) is 0.938. The highest BCUT2D eigenvalue weighted by molar-refractivity contribution is 5.81. The molecule has 2 saturated heterocycles.